The Bertz CT molecular complexity index is 695. The lowest BCUT2D eigenvalue weighted by Gasteiger charge is -2.07. The number of hydrogen-bond acceptors (Lipinski definition) is 4. The van der Waals surface area contributed by atoms with Crippen LogP contribution in [0, 0.1) is 5.82 Å². The number of H-pyrrole nitrogens is 1. The largest absolute Gasteiger partial charge is 0.436 e. The Hall–Kier alpha value is -2.21. The van der Waals surface area contributed by atoms with E-state index < -0.39 is 5.82 Å². The van der Waals surface area contributed by atoms with Gasteiger partial charge in [-0.05, 0) is 30.5 Å². The van der Waals surface area contributed by atoms with Gasteiger partial charge in [-0.3, -0.25) is 4.79 Å². The molecule has 3 N–H and O–H groups in total. The summed E-state index contributed by atoms with van der Waals surface area (Å²) < 4.78 is 19.2. The molecule has 20 heavy (non-hydrogen) atoms. The third-order valence-electron chi connectivity index (χ3n) is 3.15. The topological polar surface area (TPSA) is 81.0 Å². The SMILES string of the molecule is NCc1ccc(Oc2cc(=O)[nH]c(C3CC3)n2)c(F)c1. The highest BCUT2D eigenvalue weighted by Crippen LogP contribution is 2.38. The van der Waals surface area contributed by atoms with E-state index in [0.717, 1.165) is 12.8 Å². The zero-order chi connectivity index (χ0) is 14.1. The fourth-order valence-electron chi connectivity index (χ4n) is 1.92. The Kier molecular flexibility index (Phi) is 3.23. The van der Waals surface area contributed by atoms with E-state index in [4.69, 9.17) is 10.5 Å². The summed E-state index contributed by atoms with van der Waals surface area (Å²) >= 11 is 0. The summed E-state index contributed by atoms with van der Waals surface area (Å²) in [5, 5.41) is 0. The molecule has 0 atom stereocenters. The highest BCUT2D eigenvalue weighted by molar-refractivity contribution is 5.32. The number of halogens is 1. The van der Waals surface area contributed by atoms with Crippen LogP contribution in [0.15, 0.2) is 29.1 Å². The quantitative estimate of drug-likeness (QED) is 0.894. The summed E-state index contributed by atoms with van der Waals surface area (Å²) in [6.07, 6.45) is 2.01. The molecule has 3 rings (SSSR count). The third-order valence-corrected chi connectivity index (χ3v) is 3.15. The molecule has 5 nitrogen and oxygen atoms in total. The fraction of sp³-hybridized carbons (Fsp3) is 0.286. The number of ether oxygens (including phenoxy) is 1. The number of rotatable bonds is 4. The maximum atomic E-state index is 13.8. The molecule has 0 aliphatic heterocycles. The molecule has 0 saturated heterocycles. The van der Waals surface area contributed by atoms with Gasteiger partial charge in [0.15, 0.2) is 11.6 Å². The molecule has 1 aromatic heterocycles. The van der Waals surface area contributed by atoms with Gasteiger partial charge in [0.1, 0.15) is 5.82 Å². The van der Waals surface area contributed by atoms with E-state index in [1.165, 1.54) is 18.2 Å². The van der Waals surface area contributed by atoms with Crippen LogP contribution in [-0.4, -0.2) is 9.97 Å². The van der Waals surface area contributed by atoms with Gasteiger partial charge in [-0.15, -0.1) is 0 Å². The van der Waals surface area contributed by atoms with Gasteiger partial charge in [0.2, 0.25) is 5.88 Å². The molecular formula is C14H14FN3O2. The summed E-state index contributed by atoms with van der Waals surface area (Å²) in [7, 11) is 0. The van der Waals surface area contributed by atoms with Crippen LogP contribution in [0.2, 0.25) is 0 Å². The molecule has 2 aromatic rings. The van der Waals surface area contributed by atoms with Gasteiger partial charge in [0.05, 0.1) is 6.07 Å². The molecule has 0 spiro atoms. The van der Waals surface area contributed by atoms with Crippen molar-refractivity contribution in [2.24, 2.45) is 5.73 Å². The second-order valence-corrected chi connectivity index (χ2v) is 4.81. The van der Waals surface area contributed by atoms with E-state index in [0.29, 0.717) is 11.4 Å². The Labute approximate surface area is 114 Å². The molecule has 0 unspecified atom stereocenters. The first-order valence-electron chi connectivity index (χ1n) is 6.43. The summed E-state index contributed by atoms with van der Waals surface area (Å²) in [6.45, 7) is 0.256. The second kappa shape index (κ2) is 5.05. The smallest absolute Gasteiger partial charge is 0.254 e. The standard InChI is InChI=1S/C14H14FN3O2/c15-10-5-8(7-16)1-4-11(10)20-13-6-12(19)17-14(18-13)9-2-3-9/h1,4-6,9H,2-3,7,16H2,(H,17,18,19). The van der Waals surface area contributed by atoms with Crippen molar-refractivity contribution in [3.8, 4) is 11.6 Å². The van der Waals surface area contributed by atoms with E-state index in [1.54, 1.807) is 6.07 Å². The Morgan fingerprint density at radius 1 is 1.40 bits per heavy atom. The van der Waals surface area contributed by atoms with Crippen LogP contribution in [0.3, 0.4) is 0 Å². The van der Waals surface area contributed by atoms with Gasteiger partial charge in [0.25, 0.3) is 5.56 Å². The highest BCUT2D eigenvalue weighted by atomic mass is 19.1. The van der Waals surface area contributed by atoms with E-state index in [-0.39, 0.29) is 29.7 Å². The van der Waals surface area contributed by atoms with Crippen LogP contribution < -0.4 is 16.0 Å². The van der Waals surface area contributed by atoms with Crippen molar-refractivity contribution in [2.45, 2.75) is 25.3 Å². The third kappa shape index (κ3) is 2.70. The number of nitrogens with two attached hydrogens (primary N) is 1. The average Bonchev–Trinajstić information content (AvgIpc) is 3.25. The minimum Gasteiger partial charge on any atom is -0.436 e. The predicted octanol–water partition coefficient (Wildman–Crippen LogP) is 2.04. The Morgan fingerprint density at radius 2 is 2.20 bits per heavy atom. The summed E-state index contributed by atoms with van der Waals surface area (Å²) in [5.41, 5.74) is 5.81. The lowest BCUT2D eigenvalue weighted by molar-refractivity contribution is 0.423. The van der Waals surface area contributed by atoms with Gasteiger partial charge in [-0.25, -0.2) is 4.39 Å². The van der Waals surface area contributed by atoms with Crippen molar-refractivity contribution in [1.82, 2.24) is 9.97 Å². The van der Waals surface area contributed by atoms with Crippen LogP contribution in [0.1, 0.15) is 30.1 Å². The number of nitrogens with zero attached hydrogens (tertiary/aromatic N) is 1. The van der Waals surface area contributed by atoms with Crippen molar-refractivity contribution in [3.63, 3.8) is 0 Å². The van der Waals surface area contributed by atoms with Gasteiger partial charge in [-0.1, -0.05) is 6.07 Å². The Morgan fingerprint density at radius 3 is 2.85 bits per heavy atom. The molecular weight excluding hydrogens is 261 g/mol. The maximum Gasteiger partial charge on any atom is 0.254 e. The van der Waals surface area contributed by atoms with Crippen molar-refractivity contribution in [2.75, 3.05) is 0 Å². The van der Waals surface area contributed by atoms with Crippen LogP contribution >= 0.6 is 0 Å². The predicted molar refractivity (Wildman–Crippen MR) is 71.2 cm³/mol. The molecule has 6 heteroatoms. The molecule has 104 valence electrons. The van der Waals surface area contributed by atoms with Crippen LogP contribution in [0.25, 0.3) is 0 Å². The molecule has 0 amide bonds. The van der Waals surface area contributed by atoms with E-state index in [9.17, 15) is 9.18 Å². The Balaban J connectivity index is 1.89. The number of aromatic nitrogens is 2. The number of aromatic amines is 1. The molecule has 1 heterocycles. The van der Waals surface area contributed by atoms with Gasteiger partial charge in [0, 0.05) is 12.5 Å². The monoisotopic (exact) mass is 275 g/mol. The average molecular weight is 275 g/mol. The number of benzene rings is 1. The molecule has 1 fully saturated rings. The van der Waals surface area contributed by atoms with Crippen molar-refractivity contribution in [3.05, 3.63) is 51.8 Å². The van der Waals surface area contributed by atoms with Crippen LogP contribution in [0.5, 0.6) is 11.6 Å². The molecule has 1 aliphatic rings. The fourth-order valence-corrected chi connectivity index (χ4v) is 1.92. The van der Waals surface area contributed by atoms with E-state index in [1.807, 2.05) is 0 Å². The van der Waals surface area contributed by atoms with Gasteiger partial charge < -0.3 is 15.5 Å². The molecule has 1 aliphatic carbocycles. The number of hydrogen-bond donors (Lipinski definition) is 2. The minimum absolute atomic E-state index is 0.0297. The van der Waals surface area contributed by atoms with Crippen LogP contribution in [0.4, 0.5) is 4.39 Å². The summed E-state index contributed by atoms with van der Waals surface area (Å²) in [6, 6.07) is 5.68. The second-order valence-electron chi connectivity index (χ2n) is 4.81. The van der Waals surface area contributed by atoms with E-state index in [2.05, 4.69) is 9.97 Å². The lowest BCUT2D eigenvalue weighted by Crippen LogP contribution is -2.10. The first-order valence-corrected chi connectivity index (χ1v) is 6.43. The first-order chi connectivity index (χ1) is 9.65. The molecule has 1 saturated carbocycles. The minimum atomic E-state index is -0.525. The zero-order valence-corrected chi connectivity index (χ0v) is 10.7. The normalized spacial score (nSPS) is 14.3. The molecule has 0 radical (unpaired) electrons. The highest BCUT2D eigenvalue weighted by Gasteiger charge is 2.26. The maximum absolute atomic E-state index is 13.8. The van der Waals surface area contributed by atoms with Crippen molar-refractivity contribution >= 4 is 0 Å². The summed E-state index contributed by atoms with van der Waals surface area (Å²) in [4.78, 5) is 18.4. The van der Waals surface area contributed by atoms with Crippen molar-refractivity contribution in [1.29, 1.82) is 0 Å². The molecule has 0 bridgehead atoms. The van der Waals surface area contributed by atoms with Gasteiger partial charge >= 0.3 is 0 Å². The van der Waals surface area contributed by atoms with Gasteiger partial charge in [-0.2, -0.15) is 4.98 Å². The first kappa shape index (κ1) is 12.8. The molecule has 1 aromatic carbocycles. The van der Waals surface area contributed by atoms with Crippen LogP contribution in [-0.2, 0) is 6.54 Å². The number of nitrogens with one attached hydrogen (secondary N) is 1. The van der Waals surface area contributed by atoms with E-state index >= 15 is 0 Å². The summed E-state index contributed by atoms with van der Waals surface area (Å²) in [5.74, 6) is 0.502. The lowest BCUT2D eigenvalue weighted by atomic mass is 10.2. The zero-order valence-electron chi connectivity index (χ0n) is 10.7. The van der Waals surface area contributed by atoms with Crippen molar-refractivity contribution < 1.29 is 9.13 Å².